The highest BCUT2D eigenvalue weighted by Crippen LogP contribution is 2.25. The van der Waals surface area contributed by atoms with Crippen LogP contribution in [0.3, 0.4) is 0 Å². The van der Waals surface area contributed by atoms with Crippen molar-refractivity contribution in [1.29, 1.82) is 0 Å². The molecule has 160 valence electrons. The van der Waals surface area contributed by atoms with Crippen LogP contribution in [-0.4, -0.2) is 22.6 Å². The van der Waals surface area contributed by atoms with Crippen LogP contribution in [0.1, 0.15) is 24.0 Å². The van der Waals surface area contributed by atoms with E-state index < -0.39 is 0 Å². The predicted octanol–water partition coefficient (Wildman–Crippen LogP) is 5.69. The van der Waals surface area contributed by atoms with E-state index in [0.717, 1.165) is 36.5 Å². The van der Waals surface area contributed by atoms with Gasteiger partial charge in [0.25, 0.3) is 0 Å². The van der Waals surface area contributed by atoms with Crippen molar-refractivity contribution in [3.63, 3.8) is 0 Å². The lowest BCUT2D eigenvalue weighted by atomic mass is 10.1. The molecule has 0 spiro atoms. The van der Waals surface area contributed by atoms with Crippen molar-refractivity contribution < 1.29 is 0 Å². The molecule has 32 heavy (non-hydrogen) atoms. The fourth-order valence-electron chi connectivity index (χ4n) is 3.36. The summed E-state index contributed by atoms with van der Waals surface area (Å²) in [5.41, 5.74) is 8.64. The van der Waals surface area contributed by atoms with Gasteiger partial charge in [0.1, 0.15) is 0 Å². The van der Waals surface area contributed by atoms with E-state index in [1.54, 1.807) is 0 Å². The quantitative estimate of drug-likeness (QED) is 0.254. The van der Waals surface area contributed by atoms with Crippen LogP contribution in [0.25, 0.3) is 10.8 Å². The van der Waals surface area contributed by atoms with Gasteiger partial charge in [0.05, 0.1) is 0 Å². The Labute approximate surface area is 188 Å². The molecule has 6 heteroatoms. The molecule has 0 aliphatic heterocycles. The van der Waals surface area contributed by atoms with Crippen molar-refractivity contribution in [2.75, 3.05) is 10.9 Å². The third-order valence-electron chi connectivity index (χ3n) is 5.02. The maximum absolute atomic E-state index is 4.32. The summed E-state index contributed by atoms with van der Waals surface area (Å²) in [7, 11) is 0. The van der Waals surface area contributed by atoms with E-state index >= 15 is 0 Å². The number of rotatable bonds is 10. The number of hydrogen-bond donors (Lipinski definition) is 2. The highest BCUT2D eigenvalue weighted by Gasteiger charge is 2.07. The molecule has 1 heterocycles. The van der Waals surface area contributed by atoms with E-state index in [1.807, 2.05) is 48.8 Å². The van der Waals surface area contributed by atoms with Crippen molar-refractivity contribution in [3.05, 3.63) is 96.1 Å². The second-order valence-electron chi connectivity index (χ2n) is 7.34. The fourth-order valence-corrected chi connectivity index (χ4v) is 3.36. The maximum Gasteiger partial charge on any atom is 0.176 e. The number of hydrazone groups is 2. The molecule has 4 rings (SSSR count). The number of aryl methyl sites for hydroxylation is 2. The average molecular weight is 423 g/mol. The summed E-state index contributed by atoms with van der Waals surface area (Å²) in [4.78, 5) is 0. The summed E-state index contributed by atoms with van der Waals surface area (Å²) in [5, 5.41) is 19.1. The van der Waals surface area contributed by atoms with E-state index in [1.165, 1.54) is 11.1 Å². The van der Waals surface area contributed by atoms with Crippen LogP contribution in [0.2, 0.25) is 0 Å². The standard InChI is InChI=1S/C26H26N6/c1-3-11-21(12-4-1)15-9-19-27-29-25-23-17-7-8-18-24(23)26(32-31-25)30-28-20-10-16-22-13-5-2-6-14-22/h1-8,11-14,17-20H,9-10,15-16H2,(H,29,31)(H,30,32)/b27-19-,28-20-. The number of nitrogens with zero attached hydrogens (tertiary/aromatic N) is 4. The van der Waals surface area contributed by atoms with Gasteiger partial charge in [-0.15, -0.1) is 10.2 Å². The van der Waals surface area contributed by atoms with Crippen molar-refractivity contribution >= 4 is 34.8 Å². The molecule has 0 aliphatic carbocycles. The van der Waals surface area contributed by atoms with E-state index in [9.17, 15) is 0 Å². The SMILES string of the molecule is C(/CCc1ccccc1)=N/Nc1nnc(N/N=C\CCc2ccccc2)c2ccccc12. The first-order valence-electron chi connectivity index (χ1n) is 10.8. The Bertz CT molecular complexity index is 1080. The van der Waals surface area contributed by atoms with Crippen molar-refractivity contribution in [1.82, 2.24) is 10.2 Å². The smallest absolute Gasteiger partial charge is 0.176 e. The van der Waals surface area contributed by atoms with Crippen molar-refractivity contribution in [2.45, 2.75) is 25.7 Å². The molecular weight excluding hydrogens is 396 g/mol. The third-order valence-corrected chi connectivity index (χ3v) is 5.02. The van der Waals surface area contributed by atoms with Gasteiger partial charge in [-0.2, -0.15) is 10.2 Å². The van der Waals surface area contributed by atoms with E-state index in [4.69, 9.17) is 0 Å². The molecule has 0 saturated carbocycles. The van der Waals surface area contributed by atoms with Gasteiger partial charge in [0.2, 0.25) is 0 Å². The van der Waals surface area contributed by atoms with Gasteiger partial charge in [-0.3, -0.25) is 10.9 Å². The Morgan fingerprint density at radius 1 is 0.562 bits per heavy atom. The number of benzene rings is 3. The molecule has 0 fully saturated rings. The van der Waals surface area contributed by atoms with Crippen molar-refractivity contribution in [3.8, 4) is 0 Å². The van der Waals surface area contributed by atoms with Gasteiger partial charge in [0, 0.05) is 23.2 Å². The second kappa shape index (κ2) is 11.4. The number of anilines is 2. The summed E-state index contributed by atoms with van der Waals surface area (Å²) in [6.07, 6.45) is 7.33. The molecule has 0 atom stereocenters. The molecule has 6 nitrogen and oxygen atoms in total. The summed E-state index contributed by atoms with van der Waals surface area (Å²) in [5.74, 6) is 1.24. The van der Waals surface area contributed by atoms with Crippen molar-refractivity contribution in [2.24, 2.45) is 10.2 Å². The first-order chi connectivity index (χ1) is 15.9. The van der Waals surface area contributed by atoms with E-state index in [2.05, 4.69) is 79.8 Å². The van der Waals surface area contributed by atoms with Crippen LogP contribution in [0.5, 0.6) is 0 Å². The Morgan fingerprint density at radius 3 is 1.41 bits per heavy atom. The molecule has 0 amide bonds. The van der Waals surface area contributed by atoms with E-state index in [0.29, 0.717) is 11.6 Å². The second-order valence-corrected chi connectivity index (χ2v) is 7.34. The van der Waals surface area contributed by atoms with Crippen LogP contribution in [0.15, 0.2) is 95.1 Å². The topological polar surface area (TPSA) is 74.6 Å². The Balaban J connectivity index is 1.34. The first kappa shape index (κ1) is 21.2. The van der Waals surface area contributed by atoms with Gasteiger partial charge in [-0.25, -0.2) is 0 Å². The minimum atomic E-state index is 0.621. The zero-order valence-electron chi connectivity index (χ0n) is 17.9. The molecule has 0 saturated heterocycles. The Kier molecular flexibility index (Phi) is 7.52. The lowest BCUT2D eigenvalue weighted by molar-refractivity contribution is 1.02. The summed E-state index contributed by atoms with van der Waals surface area (Å²) in [6, 6.07) is 28.7. The van der Waals surface area contributed by atoms with Crippen LogP contribution >= 0.6 is 0 Å². The molecule has 0 aliphatic rings. The molecule has 0 unspecified atom stereocenters. The summed E-state index contributed by atoms with van der Waals surface area (Å²) in [6.45, 7) is 0. The number of nitrogens with one attached hydrogen (secondary N) is 2. The third kappa shape index (κ3) is 5.98. The van der Waals surface area contributed by atoms with Gasteiger partial charge in [-0.05, 0) is 36.8 Å². The molecule has 4 aromatic rings. The minimum absolute atomic E-state index is 0.621. The van der Waals surface area contributed by atoms with Crippen LogP contribution in [-0.2, 0) is 12.8 Å². The minimum Gasteiger partial charge on any atom is -0.260 e. The van der Waals surface area contributed by atoms with Gasteiger partial charge in [0.15, 0.2) is 11.6 Å². The summed E-state index contributed by atoms with van der Waals surface area (Å²) >= 11 is 0. The van der Waals surface area contributed by atoms with Crippen LogP contribution in [0, 0.1) is 0 Å². The lowest BCUT2D eigenvalue weighted by Crippen LogP contribution is -2.01. The van der Waals surface area contributed by atoms with Gasteiger partial charge >= 0.3 is 0 Å². The predicted molar refractivity (Wildman–Crippen MR) is 133 cm³/mol. The number of aromatic nitrogens is 2. The zero-order valence-corrected chi connectivity index (χ0v) is 17.9. The summed E-state index contributed by atoms with van der Waals surface area (Å²) < 4.78 is 0. The Morgan fingerprint density at radius 2 is 0.969 bits per heavy atom. The van der Waals surface area contributed by atoms with Crippen LogP contribution < -0.4 is 10.9 Å². The highest BCUT2D eigenvalue weighted by molar-refractivity contribution is 5.98. The normalized spacial score (nSPS) is 11.4. The number of fused-ring (bicyclic) bond motifs is 1. The number of hydrogen-bond acceptors (Lipinski definition) is 6. The Hall–Kier alpha value is -4.06. The van der Waals surface area contributed by atoms with Crippen LogP contribution in [0.4, 0.5) is 11.6 Å². The fraction of sp³-hybridized carbons (Fsp3) is 0.154. The molecule has 1 aromatic heterocycles. The monoisotopic (exact) mass is 422 g/mol. The van der Waals surface area contributed by atoms with Gasteiger partial charge < -0.3 is 0 Å². The van der Waals surface area contributed by atoms with E-state index in [-0.39, 0.29) is 0 Å². The molecule has 0 bridgehead atoms. The first-order valence-corrected chi connectivity index (χ1v) is 10.8. The maximum atomic E-state index is 4.32. The molecule has 0 radical (unpaired) electrons. The van der Waals surface area contributed by atoms with Gasteiger partial charge in [-0.1, -0.05) is 84.9 Å². The molecule has 2 N–H and O–H groups in total. The lowest BCUT2D eigenvalue weighted by Gasteiger charge is -2.08. The average Bonchev–Trinajstić information content (AvgIpc) is 2.86. The molecule has 3 aromatic carbocycles. The largest absolute Gasteiger partial charge is 0.260 e. The zero-order chi connectivity index (χ0) is 21.8. The molecular formula is C26H26N6. The highest BCUT2D eigenvalue weighted by atomic mass is 15.4.